The SMILES string of the molecule is Cc1cc(OCC(C)C)cc(B(O)OC(C)(C)C(C)(C)O)c1. The molecule has 0 aliphatic rings. The topological polar surface area (TPSA) is 58.9 Å². The molecule has 1 aromatic rings. The van der Waals surface area contributed by atoms with Gasteiger partial charge in [0.05, 0.1) is 17.8 Å². The van der Waals surface area contributed by atoms with Crippen LogP contribution in [-0.4, -0.2) is 35.1 Å². The van der Waals surface area contributed by atoms with Gasteiger partial charge in [0, 0.05) is 0 Å². The van der Waals surface area contributed by atoms with E-state index in [1.54, 1.807) is 33.8 Å². The number of hydrogen-bond donors (Lipinski definition) is 2. The van der Waals surface area contributed by atoms with Gasteiger partial charge in [0.15, 0.2) is 0 Å². The summed E-state index contributed by atoms with van der Waals surface area (Å²) >= 11 is 0. The quantitative estimate of drug-likeness (QED) is 0.759. The van der Waals surface area contributed by atoms with Gasteiger partial charge >= 0.3 is 7.12 Å². The van der Waals surface area contributed by atoms with E-state index < -0.39 is 18.3 Å². The average Bonchev–Trinajstić information content (AvgIpc) is 2.33. The Labute approximate surface area is 134 Å². The Bertz CT molecular complexity index is 492. The van der Waals surface area contributed by atoms with Crippen LogP contribution in [0, 0.1) is 12.8 Å². The minimum absolute atomic E-state index is 0.430. The number of aliphatic hydroxyl groups is 1. The van der Waals surface area contributed by atoms with Crippen LogP contribution in [0.3, 0.4) is 0 Å². The highest BCUT2D eigenvalue weighted by Gasteiger charge is 2.39. The van der Waals surface area contributed by atoms with Gasteiger partial charge in [-0.05, 0) is 63.7 Å². The van der Waals surface area contributed by atoms with Crippen molar-refractivity contribution in [3.8, 4) is 5.75 Å². The fraction of sp³-hybridized carbons (Fsp3) is 0.647. The molecule has 0 fully saturated rings. The summed E-state index contributed by atoms with van der Waals surface area (Å²) in [5, 5.41) is 20.5. The van der Waals surface area contributed by atoms with Crippen LogP contribution < -0.4 is 10.2 Å². The minimum Gasteiger partial charge on any atom is -0.493 e. The van der Waals surface area contributed by atoms with Crippen LogP contribution in [0.5, 0.6) is 5.75 Å². The van der Waals surface area contributed by atoms with Gasteiger partial charge in [0.1, 0.15) is 5.75 Å². The van der Waals surface area contributed by atoms with Gasteiger partial charge in [-0.15, -0.1) is 0 Å². The molecule has 0 saturated heterocycles. The van der Waals surface area contributed by atoms with Crippen LogP contribution in [0.15, 0.2) is 18.2 Å². The molecule has 5 heteroatoms. The molecule has 0 aliphatic heterocycles. The lowest BCUT2D eigenvalue weighted by molar-refractivity contribution is -0.0982. The van der Waals surface area contributed by atoms with Crippen molar-refractivity contribution < 1.29 is 19.5 Å². The average molecular weight is 308 g/mol. The van der Waals surface area contributed by atoms with E-state index in [1.165, 1.54) is 0 Å². The summed E-state index contributed by atoms with van der Waals surface area (Å²) in [6, 6.07) is 5.56. The first kappa shape index (κ1) is 19.0. The zero-order valence-electron chi connectivity index (χ0n) is 14.8. The van der Waals surface area contributed by atoms with Gasteiger partial charge < -0.3 is 19.5 Å². The van der Waals surface area contributed by atoms with Crippen LogP contribution in [0.25, 0.3) is 0 Å². The van der Waals surface area contributed by atoms with Crippen molar-refractivity contribution in [3.05, 3.63) is 23.8 Å². The van der Waals surface area contributed by atoms with Gasteiger partial charge in [0.2, 0.25) is 0 Å². The summed E-state index contributed by atoms with van der Waals surface area (Å²) < 4.78 is 11.4. The summed E-state index contributed by atoms with van der Waals surface area (Å²) in [5.74, 6) is 1.15. The van der Waals surface area contributed by atoms with Crippen molar-refractivity contribution in [1.29, 1.82) is 0 Å². The second-order valence-electron chi connectivity index (χ2n) is 7.32. The van der Waals surface area contributed by atoms with Gasteiger partial charge in [-0.2, -0.15) is 0 Å². The van der Waals surface area contributed by atoms with Crippen LogP contribution in [-0.2, 0) is 4.65 Å². The Hall–Kier alpha value is -1.04. The molecule has 0 unspecified atom stereocenters. The van der Waals surface area contributed by atoms with E-state index in [1.807, 2.05) is 19.1 Å². The second-order valence-corrected chi connectivity index (χ2v) is 7.32. The zero-order valence-corrected chi connectivity index (χ0v) is 14.8. The van der Waals surface area contributed by atoms with Crippen LogP contribution in [0.4, 0.5) is 0 Å². The number of rotatable bonds is 7. The molecule has 0 saturated carbocycles. The van der Waals surface area contributed by atoms with Crippen molar-refractivity contribution in [2.45, 2.75) is 59.7 Å². The summed E-state index contributed by atoms with van der Waals surface area (Å²) in [6.07, 6.45) is 0. The molecular weight excluding hydrogens is 279 g/mol. The molecule has 2 N–H and O–H groups in total. The second kappa shape index (κ2) is 7.03. The van der Waals surface area contributed by atoms with E-state index in [-0.39, 0.29) is 0 Å². The van der Waals surface area contributed by atoms with Gasteiger partial charge in [-0.3, -0.25) is 0 Å². The molecular formula is C17H29BO4. The minimum atomic E-state index is -1.12. The van der Waals surface area contributed by atoms with Gasteiger partial charge in [-0.25, -0.2) is 0 Å². The lowest BCUT2D eigenvalue weighted by Crippen LogP contribution is -2.53. The standard InChI is InChI=1S/C17H29BO4/c1-12(2)11-21-15-9-13(3)8-14(10-15)18(20)22-17(6,7)16(4,5)19/h8-10,12,19-20H,11H2,1-7H3. The van der Waals surface area contributed by atoms with E-state index in [9.17, 15) is 10.1 Å². The Kier molecular flexibility index (Phi) is 6.07. The predicted octanol–water partition coefficient (Wildman–Crippen LogP) is 2.28. The van der Waals surface area contributed by atoms with Crippen molar-refractivity contribution in [2.75, 3.05) is 6.61 Å². The molecule has 0 amide bonds. The maximum atomic E-state index is 10.4. The van der Waals surface area contributed by atoms with Crippen molar-refractivity contribution >= 4 is 12.6 Å². The maximum Gasteiger partial charge on any atom is 0.491 e. The first-order valence-electron chi connectivity index (χ1n) is 7.75. The number of hydrogen-bond acceptors (Lipinski definition) is 4. The van der Waals surface area contributed by atoms with E-state index in [0.717, 1.165) is 5.56 Å². The van der Waals surface area contributed by atoms with Gasteiger partial charge in [-0.1, -0.05) is 19.9 Å². The molecule has 0 aliphatic carbocycles. The molecule has 4 nitrogen and oxygen atoms in total. The Morgan fingerprint density at radius 1 is 1.14 bits per heavy atom. The number of ether oxygens (including phenoxy) is 1. The monoisotopic (exact) mass is 308 g/mol. The Morgan fingerprint density at radius 3 is 2.23 bits per heavy atom. The molecule has 0 atom stereocenters. The van der Waals surface area contributed by atoms with E-state index in [4.69, 9.17) is 9.39 Å². The summed E-state index contributed by atoms with van der Waals surface area (Å²) in [4.78, 5) is 0. The number of aryl methyl sites for hydroxylation is 1. The highest BCUT2D eigenvalue weighted by atomic mass is 16.5. The molecule has 124 valence electrons. The Balaban J connectivity index is 2.91. The third-order valence-corrected chi connectivity index (χ3v) is 3.82. The van der Waals surface area contributed by atoms with Crippen LogP contribution in [0.1, 0.15) is 47.1 Å². The Morgan fingerprint density at radius 2 is 1.73 bits per heavy atom. The van der Waals surface area contributed by atoms with Crippen LogP contribution in [0.2, 0.25) is 0 Å². The van der Waals surface area contributed by atoms with Crippen molar-refractivity contribution in [3.63, 3.8) is 0 Å². The molecule has 22 heavy (non-hydrogen) atoms. The summed E-state index contributed by atoms with van der Waals surface area (Å²) in [5.41, 5.74) is -0.361. The smallest absolute Gasteiger partial charge is 0.491 e. The first-order chi connectivity index (χ1) is 9.92. The zero-order chi connectivity index (χ0) is 17.1. The van der Waals surface area contributed by atoms with E-state index in [0.29, 0.717) is 23.7 Å². The summed E-state index contributed by atoms with van der Waals surface area (Å²) in [7, 11) is -1.12. The number of benzene rings is 1. The fourth-order valence-electron chi connectivity index (χ4n) is 1.76. The van der Waals surface area contributed by atoms with E-state index >= 15 is 0 Å². The predicted molar refractivity (Wildman–Crippen MR) is 90.6 cm³/mol. The molecule has 0 heterocycles. The van der Waals surface area contributed by atoms with Crippen LogP contribution >= 0.6 is 0 Å². The van der Waals surface area contributed by atoms with Gasteiger partial charge in [0.25, 0.3) is 0 Å². The lowest BCUT2D eigenvalue weighted by atomic mass is 9.76. The van der Waals surface area contributed by atoms with Crippen molar-refractivity contribution in [2.24, 2.45) is 5.92 Å². The third-order valence-electron chi connectivity index (χ3n) is 3.82. The molecule has 0 radical (unpaired) electrons. The normalized spacial score (nSPS) is 12.6. The molecule has 0 bridgehead atoms. The van der Waals surface area contributed by atoms with Crippen molar-refractivity contribution in [1.82, 2.24) is 0 Å². The fourth-order valence-corrected chi connectivity index (χ4v) is 1.76. The highest BCUT2D eigenvalue weighted by Crippen LogP contribution is 2.25. The lowest BCUT2D eigenvalue weighted by Gasteiger charge is -2.38. The molecule has 0 aromatic heterocycles. The third kappa shape index (κ3) is 5.31. The van der Waals surface area contributed by atoms with E-state index in [2.05, 4.69) is 13.8 Å². The maximum absolute atomic E-state index is 10.4. The molecule has 1 rings (SSSR count). The molecule has 0 spiro atoms. The largest absolute Gasteiger partial charge is 0.493 e. The molecule has 1 aromatic carbocycles. The summed E-state index contributed by atoms with van der Waals surface area (Å²) in [6.45, 7) is 13.6. The first-order valence-corrected chi connectivity index (χ1v) is 7.75. The highest BCUT2D eigenvalue weighted by molar-refractivity contribution is 6.60.